The normalized spacial score (nSPS) is 10.4. The summed E-state index contributed by atoms with van der Waals surface area (Å²) in [5.74, 6) is -1.29. The van der Waals surface area contributed by atoms with Gasteiger partial charge in [-0.25, -0.2) is 4.79 Å². The highest BCUT2D eigenvalue weighted by Crippen LogP contribution is 2.31. The van der Waals surface area contributed by atoms with Crippen LogP contribution in [0.25, 0.3) is 0 Å². The van der Waals surface area contributed by atoms with E-state index < -0.39 is 11.9 Å². The highest BCUT2D eigenvalue weighted by Gasteiger charge is 2.18. The monoisotopic (exact) mass is 303 g/mol. The topological polar surface area (TPSA) is 88.8 Å². The molecule has 0 atom stereocenters. The van der Waals surface area contributed by atoms with Gasteiger partial charge in [-0.2, -0.15) is 0 Å². The van der Waals surface area contributed by atoms with E-state index in [4.69, 9.17) is 14.3 Å². The molecule has 0 unspecified atom stereocenters. The molecule has 0 fully saturated rings. The van der Waals surface area contributed by atoms with E-state index in [2.05, 4.69) is 5.32 Å². The van der Waals surface area contributed by atoms with E-state index in [0.29, 0.717) is 5.69 Å². The molecule has 1 amide bonds. The van der Waals surface area contributed by atoms with Crippen LogP contribution in [0.15, 0.2) is 22.6 Å². The number of amides is 1. The lowest BCUT2D eigenvalue weighted by Gasteiger charge is -2.16. The molecule has 0 aliphatic heterocycles. The molecule has 1 heterocycles. The van der Waals surface area contributed by atoms with Crippen LogP contribution in [-0.2, 0) is 0 Å². The minimum atomic E-state index is -1.22. The highest BCUT2D eigenvalue weighted by atomic mass is 16.5. The van der Waals surface area contributed by atoms with Crippen molar-refractivity contribution in [1.29, 1.82) is 0 Å². The minimum Gasteiger partial charge on any atom is -0.496 e. The first kappa shape index (κ1) is 15.6. The van der Waals surface area contributed by atoms with Gasteiger partial charge in [-0.3, -0.25) is 4.79 Å². The van der Waals surface area contributed by atoms with Crippen molar-refractivity contribution >= 4 is 17.6 Å². The van der Waals surface area contributed by atoms with Gasteiger partial charge in [0.05, 0.1) is 7.11 Å². The maximum atomic E-state index is 12.2. The predicted octanol–water partition coefficient (Wildman–Crippen LogP) is 3.16. The molecule has 0 bridgehead atoms. The van der Waals surface area contributed by atoms with Gasteiger partial charge in [0, 0.05) is 5.69 Å². The molecule has 1 aromatic heterocycles. The minimum absolute atomic E-state index is 0.0512. The molecule has 22 heavy (non-hydrogen) atoms. The van der Waals surface area contributed by atoms with Gasteiger partial charge >= 0.3 is 5.97 Å². The Balaban J connectivity index is 2.32. The Morgan fingerprint density at radius 2 is 1.77 bits per heavy atom. The van der Waals surface area contributed by atoms with Crippen LogP contribution in [0.5, 0.6) is 5.75 Å². The van der Waals surface area contributed by atoms with E-state index in [9.17, 15) is 9.59 Å². The number of anilines is 1. The molecule has 0 saturated carbocycles. The number of benzene rings is 1. The maximum Gasteiger partial charge on any atom is 0.371 e. The second-order valence-electron chi connectivity index (χ2n) is 4.94. The lowest BCUT2D eigenvalue weighted by Crippen LogP contribution is -2.14. The van der Waals surface area contributed by atoms with Crippen molar-refractivity contribution in [2.24, 2.45) is 0 Å². The molecule has 6 heteroatoms. The van der Waals surface area contributed by atoms with Gasteiger partial charge in [0.2, 0.25) is 5.76 Å². The summed E-state index contributed by atoms with van der Waals surface area (Å²) in [4.78, 5) is 23.0. The summed E-state index contributed by atoms with van der Waals surface area (Å²) in [7, 11) is 1.59. The van der Waals surface area contributed by atoms with Gasteiger partial charge in [-0.15, -0.1) is 0 Å². The Morgan fingerprint density at radius 1 is 1.14 bits per heavy atom. The fourth-order valence-corrected chi connectivity index (χ4v) is 2.20. The molecular formula is C16H17NO5. The first-order valence-electron chi connectivity index (χ1n) is 6.64. The second kappa shape index (κ2) is 5.93. The van der Waals surface area contributed by atoms with Crippen molar-refractivity contribution in [1.82, 2.24) is 0 Å². The molecule has 2 rings (SSSR count). The summed E-state index contributed by atoms with van der Waals surface area (Å²) in [6.07, 6.45) is 0. The third-order valence-electron chi connectivity index (χ3n) is 3.55. The average molecular weight is 303 g/mol. The van der Waals surface area contributed by atoms with Gasteiger partial charge < -0.3 is 19.6 Å². The van der Waals surface area contributed by atoms with E-state index in [1.165, 1.54) is 12.1 Å². The zero-order valence-corrected chi connectivity index (χ0v) is 12.8. The number of aromatic carboxylic acids is 1. The Kier molecular flexibility index (Phi) is 4.21. The maximum absolute atomic E-state index is 12.2. The SMILES string of the molecule is COc1cc(C)c(NC(=O)c2ccc(C(=O)O)o2)c(C)c1C. The van der Waals surface area contributed by atoms with E-state index in [0.717, 1.165) is 22.4 Å². The molecule has 6 nitrogen and oxygen atoms in total. The highest BCUT2D eigenvalue weighted by molar-refractivity contribution is 6.04. The number of carboxylic acids is 1. The molecule has 116 valence electrons. The zero-order chi connectivity index (χ0) is 16.4. The smallest absolute Gasteiger partial charge is 0.371 e. The van der Waals surface area contributed by atoms with E-state index >= 15 is 0 Å². The van der Waals surface area contributed by atoms with Crippen LogP contribution in [0, 0.1) is 20.8 Å². The number of rotatable bonds is 4. The molecule has 1 aromatic carbocycles. The fourth-order valence-electron chi connectivity index (χ4n) is 2.20. The molecule has 0 saturated heterocycles. The molecule has 0 aliphatic carbocycles. The summed E-state index contributed by atoms with van der Waals surface area (Å²) < 4.78 is 10.3. The standard InChI is InChI=1S/C16H17NO5/c1-8-7-13(21-4)9(2)10(3)14(8)17-15(18)11-5-6-12(22-11)16(19)20/h5-7H,1-4H3,(H,17,18)(H,19,20). The number of hydrogen-bond acceptors (Lipinski definition) is 4. The number of carbonyl (C=O) groups excluding carboxylic acids is 1. The van der Waals surface area contributed by atoms with Gasteiger partial charge in [0.25, 0.3) is 5.91 Å². The molecule has 0 aliphatic rings. The first-order valence-corrected chi connectivity index (χ1v) is 6.64. The number of furan rings is 1. The summed E-state index contributed by atoms with van der Waals surface area (Å²) >= 11 is 0. The third kappa shape index (κ3) is 2.81. The number of carboxylic acid groups (broad SMARTS) is 1. The van der Waals surface area contributed by atoms with Crippen molar-refractivity contribution in [3.8, 4) is 5.75 Å². The van der Waals surface area contributed by atoms with Gasteiger partial charge in [-0.1, -0.05) is 0 Å². The average Bonchev–Trinajstić information content (AvgIpc) is 2.97. The molecule has 2 aromatic rings. The quantitative estimate of drug-likeness (QED) is 0.905. The number of methoxy groups -OCH3 is 1. The second-order valence-corrected chi connectivity index (χ2v) is 4.94. The molecule has 2 N–H and O–H groups in total. The van der Waals surface area contributed by atoms with Crippen molar-refractivity contribution in [3.63, 3.8) is 0 Å². The summed E-state index contributed by atoms with van der Waals surface area (Å²) in [5, 5.41) is 11.6. The predicted molar refractivity (Wildman–Crippen MR) is 80.8 cm³/mol. The summed E-state index contributed by atoms with van der Waals surface area (Å²) in [6, 6.07) is 4.42. The Labute approximate surface area is 127 Å². The summed E-state index contributed by atoms with van der Waals surface area (Å²) in [6.45, 7) is 5.64. The van der Waals surface area contributed by atoms with Gasteiger partial charge in [-0.05, 0) is 55.7 Å². The fraction of sp³-hybridized carbons (Fsp3) is 0.250. The molecule has 0 spiro atoms. The van der Waals surface area contributed by atoms with Crippen molar-refractivity contribution in [2.75, 3.05) is 12.4 Å². The van der Waals surface area contributed by atoms with Crippen LogP contribution in [0.2, 0.25) is 0 Å². The van der Waals surface area contributed by atoms with Crippen LogP contribution in [-0.4, -0.2) is 24.1 Å². The van der Waals surface area contributed by atoms with Crippen LogP contribution in [0.1, 0.15) is 37.8 Å². The first-order chi connectivity index (χ1) is 10.3. The van der Waals surface area contributed by atoms with E-state index in [1.807, 2.05) is 26.8 Å². The number of carbonyl (C=O) groups is 2. The van der Waals surface area contributed by atoms with Crippen molar-refractivity contribution in [3.05, 3.63) is 46.4 Å². The number of nitrogens with one attached hydrogen (secondary N) is 1. The largest absolute Gasteiger partial charge is 0.496 e. The van der Waals surface area contributed by atoms with Crippen LogP contribution >= 0.6 is 0 Å². The van der Waals surface area contributed by atoms with Crippen molar-refractivity contribution < 1.29 is 23.8 Å². The zero-order valence-electron chi connectivity index (χ0n) is 12.8. The van der Waals surface area contributed by atoms with Crippen LogP contribution in [0.3, 0.4) is 0 Å². The summed E-state index contributed by atoms with van der Waals surface area (Å²) in [5.41, 5.74) is 3.32. The Bertz CT molecular complexity index is 745. The van der Waals surface area contributed by atoms with Crippen LogP contribution < -0.4 is 10.1 Å². The Morgan fingerprint density at radius 3 is 2.32 bits per heavy atom. The van der Waals surface area contributed by atoms with E-state index in [1.54, 1.807) is 7.11 Å². The lowest BCUT2D eigenvalue weighted by molar-refractivity contribution is 0.0660. The lowest BCUT2D eigenvalue weighted by atomic mass is 10.0. The van der Waals surface area contributed by atoms with Crippen molar-refractivity contribution in [2.45, 2.75) is 20.8 Å². The molecular weight excluding hydrogens is 286 g/mol. The molecule has 0 radical (unpaired) electrons. The van der Waals surface area contributed by atoms with Crippen LogP contribution in [0.4, 0.5) is 5.69 Å². The number of ether oxygens (including phenoxy) is 1. The number of hydrogen-bond donors (Lipinski definition) is 2. The van der Waals surface area contributed by atoms with E-state index in [-0.39, 0.29) is 11.5 Å². The van der Waals surface area contributed by atoms with Gasteiger partial charge in [0.15, 0.2) is 5.76 Å². The number of aryl methyl sites for hydroxylation is 1. The third-order valence-corrected chi connectivity index (χ3v) is 3.55. The van der Waals surface area contributed by atoms with Gasteiger partial charge in [0.1, 0.15) is 5.75 Å². The Hall–Kier alpha value is -2.76.